The number of carbonyl (C=O) groups is 3. The van der Waals surface area contributed by atoms with Gasteiger partial charge in [-0.3, -0.25) is 14.4 Å². The Morgan fingerprint density at radius 2 is 1.72 bits per heavy atom. The van der Waals surface area contributed by atoms with Gasteiger partial charge in [0.1, 0.15) is 5.54 Å². The number of aryl methyl sites for hydroxylation is 1. The van der Waals surface area contributed by atoms with Crippen LogP contribution in [0.1, 0.15) is 48.8 Å². The zero-order valence-electron chi connectivity index (χ0n) is 18.4. The third-order valence-electron chi connectivity index (χ3n) is 6.66. The molecule has 2 fully saturated rings. The third kappa shape index (κ3) is 4.85. The monoisotopic (exact) mass is 434 g/mol. The van der Waals surface area contributed by atoms with Crippen LogP contribution in [0.25, 0.3) is 0 Å². The maximum absolute atomic E-state index is 13.1. The first-order valence-corrected chi connectivity index (χ1v) is 11.4. The summed E-state index contributed by atoms with van der Waals surface area (Å²) >= 11 is 0. The molecule has 2 amide bonds. The number of carbonyl (C=O) groups excluding carboxylic acids is 3. The van der Waals surface area contributed by atoms with Gasteiger partial charge in [0.15, 0.2) is 6.10 Å². The van der Waals surface area contributed by atoms with E-state index in [-0.39, 0.29) is 23.7 Å². The fraction of sp³-hybridized carbons (Fsp3) is 0.423. The van der Waals surface area contributed by atoms with Crippen molar-refractivity contribution in [1.82, 2.24) is 10.6 Å². The molecule has 0 aromatic heterocycles. The maximum Gasteiger partial charge on any atom is 0.310 e. The van der Waals surface area contributed by atoms with E-state index in [1.807, 2.05) is 61.5 Å². The molecule has 0 spiro atoms. The van der Waals surface area contributed by atoms with Gasteiger partial charge in [-0.25, -0.2) is 0 Å². The number of hydrogen-bond acceptors (Lipinski definition) is 4. The van der Waals surface area contributed by atoms with Crippen LogP contribution in [-0.2, 0) is 32.1 Å². The summed E-state index contributed by atoms with van der Waals surface area (Å²) in [5, 5.41) is 5.97. The molecule has 6 nitrogen and oxygen atoms in total. The zero-order chi connectivity index (χ0) is 22.6. The molecule has 1 heterocycles. The van der Waals surface area contributed by atoms with Gasteiger partial charge in [-0.1, -0.05) is 67.4 Å². The Balaban J connectivity index is 1.38. The van der Waals surface area contributed by atoms with E-state index >= 15 is 0 Å². The predicted octanol–water partition coefficient (Wildman–Crippen LogP) is 3.21. The van der Waals surface area contributed by atoms with Crippen molar-refractivity contribution in [2.75, 3.05) is 0 Å². The largest absolute Gasteiger partial charge is 0.452 e. The van der Waals surface area contributed by atoms with E-state index in [4.69, 9.17) is 4.74 Å². The Morgan fingerprint density at radius 3 is 2.44 bits per heavy atom. The van der Waals surface area contributed by atoms with E-state index in [9.17, 15) is 14.4 Å². The van der Waals surface area contributed by atoms with Gasteiger partial charge in [-0.05, 0) is 42.9 Å². The van der Waals surface area contributed by atoms with Crippen molar-refractivity contribution >= 4 is 17.8 Å². The summed E-state index contributed by atoms with van der Waals surface area (Å²) in [6, 6.07) is 17.6. The minimum absolute atomic E-state index is 0.170. The fourth-order valence-corrected chi connectivity index (χ4v) is 4.72. The van der Waals surface area contributed by atoms with Crippen LogP contribution in [-0.4, -0.2) is 29.4 Å². The van der Waals surface area contributed by atoms with E-state index in [0.29, 0.717) is 32.2 Å². The Labute approximate surface area is 188 Å². The number of benzene rings is 2. The second kappa shape index (κ2) is 9.55. The molecule has 1 aliphatic heterocycles. The highest BCUT2D eigenvalue weighted by atomic mass is 16.6. The van der Waals surface area contributed by atoms with Crippen LogP contribution >= 0.6 is 0 Å². The molecule has 2 aromatic rings. The highest BCUT2D eigenvalue weighted by Crippen LogP contribution is 2.32. The van der Waals surface area contributed by atoms with Crippen molar-refractivity contribution < 1.29 is 19.1 Å². The molecular formula is C26H30N2O4. The van der Waals surface area contributed by atoms with Crippen molar-refractivity contribution in [2.45, 2.75) is 63.6 Å². The van der Waals surface area contributed by atoms with Gasteiger partial charge in [-0.2, -0.15) is 0 Å². The molecule has 2 aromatic carbocycles. The minimum atomic E-state index is -0.941. The van der Waals surface area contributed by atoms with Crippen LogP contribution in [0.15, 0.2) is 54.6 Å². The van der Waals surface area contributed by atoms with Gasteiger partial charge < -0.3 is 15.4 Å². The van der Waals surface area contributed by atoms with Crippen molar-refractivity contribution in [3.8, 4) is 0 Å². The summed E-state index contributed by atoms with van der Waals surface area (Å²) in [4.78, 5) is 38.5. The first kappa shape index (κ1) is 22.1. The minimum Gasteiger partial charge on any atom is -0.452 e. The molecule has 1 saturated carbocycles. The van der Waals surface area contributed by atoms with Crippen LogP contribution in [0.4, 0.5) is 0 Å². The maximum atomic E-state index is 13.1. The standard InChI is InChI=1S/C26H30N2O4/c1-18-9-5-6-12-20(18)17-27-25(31)26(13-7-8-14-26)28-23(29)22-16-21(24(30)32-22)15-19-10-3-2-4-11-19/h2-6,9-12,21-22H,7-8,13-17H2,1H3,(H,27,31)(H,28,29)/t21-,22+/m1/s1. The van der Waals surface area contributed by atoms with Crippen LogP contribution in [0.5, 0.6) is 0 Å². The van der Waals surface area contributed by atoms with Gasteiger partial charge in [0.2, 0.25) is 5.91 Å². The van der Waals surface area contributed by atoms with E-state index < -0.39 is 11.6 Å². The number of ether oxygens (including phenoxy) is 1. The summed E-state index contributed by atoms with van der Waals surface area (Å²) in [5.41, 5.74) is 2.26. The predicted molar refractivity (Wildman–Crippen MR) is 121 cm³/mol. The first-order chi connectivity index (χ1) is 15.5. The number of amides is 2. The lowest BCUT2D eigenvalue weighted by Crippen LogP contribution is -2.58. The lowest BCUT2D eigenvalue weighted by atomic mass is 9.93. The average molecular weight is 435 g/mol. The lowest BCUT2D eigenvalue weighted by Gasteiger charge is -2.30. The molecule has 32 heavy (non-hydrogen) atoms. The van der Waals surface area contributed by atoms with Gasteiger partial charge in [0.05, 0.1) is 5.92 Å². The quantitative estimate of drug-likeness (QED) is 0.656. The highest BCUT2D eigenvalue weighted by Gasteiger charge is 2.46. The van der Waals surface area contributed by atoms with Crippen molar-refractivity contribution in [3.63, 3.8) is 0 Å². The smallest absolute Gasteiger partial charge is 0.310 e. The number of nitrogens with one attached hydrogen (secondary N) is 2. The second-order valence-corrected chi connectivity index (χ2v) is 8.94. The molecule has 0 unspecified atom stereocenters. The molecule has 2 aliphatic rings. The van der Waals surface area contributed by atoms with Crippen LogP contribution < -0.4 is 10.6 Å². The highest BCUT2D eigenvalue weighted by molar-refractivity contribution is 5.94. The van der Waals surface area contributed by atoms with E-state index in [2.05, 4.69) is 10.6 Å². The Kier molecular flexibility index (Phi) is 6.58. The number of rotatable bonds is 7. The average Bonchev–Trinajstić information content (AvgIpc) is 3.41. The third-order valence-corrected chi connectivity index (χ3v) is 6.66. The topological polar surface area (TPSA) is 84.5 Å². The van der Waals surface area contributed by atoms with Crippen molar-refractivity contribution in [2.24, 2.45) is 5.92 Å². The molecule has 1 aliphatic carbocycles. The summed E-state index contributed by atoms with van der Waals surface area (Å²) in [7, 11) is 0. The van der Waals surface area contributed by atoms with Crippen molar-refractivity contribution in [1.29, 1.82) is 0 Å². The summed E-state index contributed by atoms with van der Waals surface area (Å²) in [6.45, 7) is 2.43. The van der Waals surface area contributed by atoms with Gasteiger partial charge >= 0.3 is 5.97 Å². The fourth-order valence-electron chi connectivity index (χ4n) is 4.72. The lowest BCUT2D eigenvalue weighted by molar-refractivity contribution is -0.151. The number of esters is 1. The molecule has 0 radical (unpaired) electrons. The Morgan fingerprint density at radius 1 is 1.03 bits per heavy atom. The van der Waals surface area contributed by atoms with E-state index in [0.717, 1.165) is 29.5 Å². The molecule has 0 bridgehead atoms. The van der Waals surface area contributed by atoms with Crippen molar-refractivity contribution in [3.05, 3.63) is 71.3 Å². The Bertz CT molecular complexity index is 982. The van der Waals surface area contributed by atoms with Crippen LogP contribution in [0, 0.1) is 12.8 Å². The first-order valence-electron chi connectivity index (χ1n) is 11.4. The van der Waals surface area contributed by atoms with Gasteiger partial charge in [-0.15, -0.1) is 0 Å². The van der Waals surface area contributed by atoms with Gasteiger partial charge in [0.25, 0.3) is 5.91 Å². The van der Waals surface area contributed by atoms with Crippen LogP contribution in [0.2, 0.25) is 0 Å². The molecule has 168 valence electrons. The molecule has 1 saturated heterocycles. The summed E-state index contributed by atoms with van der Waals surface area (Å²) in [5.74, 6) is -1.24. The molecule has 6 heteroatoms. The normalized spacial score (nSPS) is 21.7. The Hall–Kier alpha value is -3.15. The number of hydrogen-bond donors (Lipinski definition) is 2. The number of cyclic esters (lactones) is 1. The molecular weight excluding hydrogens is 404 g/mol. The molecule has 2 N–H and O–H groups in total. The zero-order valence-corrected chi connectivity index (χ0v) is 18.4. The van der Waals surface area contributed by atoms with E-state index in [1.54, 1.807) is 0 Å². The molecule has 2 atom stereocenters. The SMILES string of the molecule is Cc1ccccc1CNC(=O)C1(NC(=O)[C@@H]2C[C@@H](Cc3ccccc3)C(=O)O2)CCCC1. The van der Waals surface area contributed by atoms with Gasteiger partial charge in [0, 0.05) is 13.0 Å². The molecule has 4 rings (SSSR count). The summed E-state index contributed by atoms with van der Waals surface area (Å²) in [6.07, 6.45) is 2.96. The second-order valence-electron chi connectivity index (χ2n) is 8.94. The van der Waals surface area contributed by atoms with Crippen LogP contribution in [0.3, 0.4) is 0 Å². The van der Waals surface area contributed by atoms with E-state index in [1.165, 1.54) is 0 Å². The summed E-state index contributed by atoms with van der Waals surface area (Å²) < 4.78 is 5.41.